The number of ether oxygens (including phenoxy) is 1. The molecule has 0 aliphatic rings. The summed E-state index contributed by atoms with van der Waals surface area (Å²) in [6.07, 6.45) is 4.78. The minimum Gasteiger partial charge on any atom is -0.383 e. The van der Waals surface area contributed by atoms with E-state index in [-0.39, 0.29) is 17.6 Å². The molecule has 0 fully saturated rings. The van der Waals surface area contributed by atoms with Crippen LogP contribution in [0.3, 0.4) is 0 Å². The van der Waals surface area contributed by atoms with Crippen molar-refractivity contribution in [2.75, 3.05) is 26.5 Å². The molecule has 0 bridgehead atoms. The van der Waals surface area contributed by atoms with E-state index in [1.54, 1.807) is 30.2 Å². The Morgan fingerprint density at radius 3 is 2.58 bits per heavy atom. The predicted molar refractivity (Wildman–Crippen MR) is 103 cm³/mol. The summed E-state index contributed by atoms with van der Waals surface area (Å²) in [4.78, 5) is 14.7. The molecule has 0 spiro atoms. The summed E-state index contributed by atoms with van der Waals surface area (Å²) >= 11 is 0. The van der Waals surface area contributed by atoms with Gasteiger partial charge in [-0.1, -0.05) is 38.8 Å². The zero-order valence-electron chi connectivity index (χ0n) is 16.2. The summed E-state index contributed by atoms with van der Waals surface area (Å²) in [6, 6.07) is 6.82. The molecule has 1 aromatic rings. The lowest BCUT2D eigenvalue weighted by Crippen LogP contribution is -2.37. The van der Waals surface area contributed by atoms with Gasteiger partial charge in [0.15, 0.2) is 0 Å². The second-order valence-electron chi connectivity index (χ2n) is 6.43. The highest BCUT2D eigenvalue weighted by Crippen LogP contribution is 2.20. The van der Waals surface area contributed by atoms with E-state index in [4.69, 9.17) is 8.92 Å². The maximum Gasteiger partial charge on any atom is 0.306 e. The largest absolute Gasteiger partial charge is 0.383 e. The van der Waals surface area contributed by atoms with Gasteiger partial charge in [0.25, 0.3) is 0 Å². The molecule has 1 aromatic carbocycles. The van der Waals surface area contributed by atoms with E-state index in [0.29, 0.717) is 19.7 Å². The first kappa shape index (κ1) is 22.4. The van der Waals surface area contributed by atoms with Gasteiger partial charge in [-0.05, 0) is 30.5 Å². The van der Waals surface area contributed by atoms with Crippen molar-refractivity contribution in [2.45, 2.75) is 46.1 Å². The van der Waals surface area contributed by atoms with Gasteiger partial charge in [0.2, 0.25) is 5.91 Å². The molecule has 0 unspecified atom stereocenters. The average Bonchev–Trinajstić information content (AvgIpc) is 2.57. The van der Waals surface area contributed by atoms with Crippen LogP contribution in [-0.4, -0.2) is 45.7 Å². The molecule has 0 aromatic heterocycles. The molecule has 0 aliphatic carbocycles. The number of carbonyl (C=O) groups excluding carboxylic acids is 1. The minimum absolute atomic E-state index is 0.00209. The van der Waals surface area contributed by atoms with Crippen LogP contribution in [0.15, 0.2) is 24.3 Å². The minimum atomic E-state index is -3.58. The Hall–Kier alpha value is -1.60. The monoisotopic (exact) mass is 385 g/mol. The number of amides is 1. The number of unbranched alkanes of at least 4 members (excludes halogenated alkanes) is 1. The van der Waals surface area contributed by atoms with Gasteiger partial charge in [0.1, 0.15) is 5.75 Å². The Kier molecular flexibility index (Phi) is 9.65. The van der Waals surface area contributed by atoms with Gasteiger partial charge in [-0.2, -0.15) is 8.42 Å². The highest BCUT2D eigenvalue weighted by molar-refractivity contribution is 7.86. The third-order valence-electron chi connectivity index (χ3n) is 4.14. The summed E-state index contributed by atoms with van der Waals surface area (Å²) in [7, 11) is -1.97. The molecule has 0 saturated carbocycles. The van der Waals surface area contributed by atoms with Gasteiger partial charge >= 0.3 is 10.1 Å². The first-order valence-electron chi connectivity index (χ1n) is 9.06. The van der Waals surface area contributed by atoms with E-state index in [2.05, 4.69) is 6.92 Å². The van der Waals surface area contributed by atoms with Gasteiger partial charge in [0, 0.05) is 26.1 Å². The second kappa shape index (κ2) is 11.2. The molecule has 6 nitrogen and oxygen atoms in total. The summed E-state index contributed by atoms with van der Waals surface area (Å²) in [5, 5.41) is 0. The normalized spacial score (nSPS) is 12.6. The summed E-state index contributed by atoms with van der Waals surface area (Å²) in [6.45, 7) is 5.50. The Morgan fingerprint density at radius 1 is 1.27 bits per heavy atom. The standard InChI is InChI=1S/C19H31NO5S/c1-5-7-10-17(6-2)19(21)20(12-13-24-3)15-16-9-8-11-18(14-16)25-26(4,22)23/h8-9,11,14,17H,5-7,10,12-13,15H2,1-4H3/t17-/m1/s1. The van der Waals surface area contributed by atoms with Crippen LogP contribution in [0.4, 0.5) is 0 Å². The van der Waals surface area contributed by atoms with E-state index in [1.165, 1.54) is 0 Å². The van der Waals surface area contributed by atoms with Crippen LogP contribution in [0.2, 0.25) is 0 Å². The van der Waals surface area contributed by atoms with E-state index in [9.17, 15) is 13.2 Å². The SMILES string of the molecule is CCCC[C@@H](CC)C(=O)N(CCOC)Cc1cccc(OS(C)(=O)=O)c1. The molecule has 0 N–H and O–H groups in total. The van der Waals surface area contributed by atoms with Crippen LogP contribution in [0, 0.1) is 5.92 Å². The Morgan fingerprint density at radius 2 is 2.00 bits per heavy atom. The fourth-order valence-electron chi connectivity index (χ4n) is 2.77. The molecule has 7 heteroatoms. The third kappa shape index (κ3) is 8.19. The number of nitrogens with zero attached hydrogens (tertiary/aromatic N) is 1. The molecule has 1 atom stereocenters. The Balaban J connectivity index is 2.92. The summed E-state index contributed by atoms with van der Waals surface area (Å²) in [5.74, 6) is 0.372. The van der Waals surface area contributed by atoms with Gasteiger partial charge in [-0.15, -0.1) is 0 Å². The van der Waals surface area contributed by atoms with E-state index < -0.39 is 10.1 Å². The lowest BCUT2D eigenvalue weighted by atomic mass is 9.97. The summed E-state index contributed by atoms with van der Waals surface area (Å²) in [5.41, 5.74) is 0.820. The number of benzene rings is 1. The highest BCUT2D eigenvalue weighted by atomic mass is 32.2. The van der Waals surface area contributed by atoms with Crippen molar-refractivity contribution in [3.63, 3.8) is 0 Å². The second-order valence-corrected chi connectivity index (χ2v) is 8.01. The molecule has 148 valence electrons. The van der Waals surface area contributed by atoms with Crippen molar-refractivity contribution in [1.82, 2.24) is 4.90 Å². The van der Waals surface area contributed by atoms with Crippen LogP contribution in [-0.2, 0) is 26.2 Å². The smallest absolute Gasteiger partial charge is 0.306 e. The number of methoxy groups -OCH3 is 1. The van der Waals surface area contributed by atoms with Crippen molar-refractivity contribution in [1.29, 1.82) is 0 Å². The van der Waals surface area contributed by atoms with Crippen LogP contribution in [0.1, 0.15) is 45.1 Å². The topological polar surface area (TPSA) is 72.9 Å². The van der Waals surface area contributed by atoms with Crippen molar-refractivity contribution in [3.05, 3.63) is 29.8 Å². The van der Waals surface area contributed by atoms with E-state index in [0.717, 1.165) is 37.5 Å². The molecular weight excluding hydrogens is 354 g/mol. The van der Waals surface area contributed by atoms with Crippen LogP contribution in [0.5, 0.6) is 5.75 Å². The van der Waals surface area contributed by atoms with Gasteiger partial charge in [0.05, 0.1) is 12.9 Å². The molecular formula is C19H31NO5S. The maximum absolute atomic E-state index is 12.9. The number of hydrogen-bond donors (Lipinski definition) is 0. The molecule has 0 aliphatic heterocycles. The summed E-state index contributed by atoms with van der Waals surface area (Å²) < 4.78 is 32.7. The fraction of sp³-hybridized carbons (Fsp3) is 0.632. The lowest BCUT2D eigenvalue weighted by molar-refractivity contribution is -0.137. The predicted octanol–water partition coefficient (Wildman–Crippen LogP) is 3.22. The third-order valence-corrected chi connectivity index (χ3v) is 4.64. The van der Waals surface area contributed by atoms with Gasteiger partial charge in [-0.25, -0.2) is 0 Å². The zero-order chi connectivity index (χ0) is 19.6. The van der Waals surface area contributed by atoms with Crippen LogP contribution < -0.4 is 4.18 Å². The molecule has 1 amide bonds. The first-order chi connectivity index (χ1) is 12.3. The average molecular weight is 386 g/mol. The lowest BCUT2D eigenvalue weighted by Gasteiger charge is -2.27. The number of carbonyl (C=O) groups is 1. The van der Waals surface area contributed by atoms with Gasteiger partial charge < -0.3 is 13.8 Å². The molecule has 0 saturated heterocycles. The number of rotatable bonds is 12. The Labute approximate surface area is 157 Å². The van der Waals surface area contributed by atoms with E-state index in [1.807, 2.05) is 13.0 Å². The fourth-order valence-corrected chi connectivity index (χ4v) is 3.22. The number of hydrogen-bond acceptors (Lipinski definition) is 5. The molecule has 0 heterocycles. The Bertz CT molecular complexity index is 660. The van der Waals surface area contributed by atoms with Crippen molar-refractivity contribution in [3.8, 4) is 5.75 Å². The van der Waals surface area contributed by atoms with E-state index >= 15 is 0 Å². The highest BCUT2D eigenvalue weighted by Gasteiger charge is 2.22. The van der Waals surface area contributed by atoms with Crippen molar-refractivity contribution < 1.29 is 22.1 Å². The molecule has 26 heavy (non-hydrogen) atoms. The van der Waals surface area contributed by atoms with Crippen LogP contribution in [0.25, 0.3) is 0 Å². The van der Waals surface area contributed by atoms with Crippen LogP contribution >= 0.6 is 0 Å². The first-order valence-corrected chi connectivity index (χ1v) is 10.9. The van der Waals surface area contributed by atoms with Crippen molar-refractivity contribution >= 4 is 16.0 Å². The molecule has 0 radical (unpaired) electrons. The molecule has 1 rings (SSSR count). The van der Waals surface area contributed by atoms with Gasteiger partial charge in [-0.3, -0.25) is 4.79 Å². The zero-order valence-corrected chi connectivity index (χ0v) is 17.0. The maximum atomic E-state index is 12.9. The van der Waals surface area contributed by atoms with Crippen molar-refractivity contribution in [2.24, 2.45) is 5.92 Å². The quantitative estimate of drug-likeness (QED) is 0.517.